The first-order valence-corrected chi connectivity index (χ1v) is 11.1. The monoisotopic (exact) mass is 459 g/mol. The number of nitrogens with zero attached hydrogens (tertiary/aromatic N) is 3. The molecule has 2 heterocycles. The first kappa shape index (κ1) is 20.7. The summed E-state index contributed by atoms with van der Waals surface area (Å²) in [7, 11) is 1.52. The molecular weight excluding hydrogens is 438 g/mol. The molecular formula is C28H21N5O2. The zero-order valence-corrected chi connectivity index (χ0v) is 18.9. The molecule has 0 saturated heterocycles. The lowest BCUT2D eigenvalue weighted by atomic mass is 10.0. The van der Waals surface area contributed by atoms with Crippen LogP contribution in [0.15, 0.2) is 91.1 Å². The Hall–Kier alpha value is -4.91. The first-order valence-electron chi connectivity index (χ1n) is 11.1. The minimum Gasteiger partial charge on any atom is -0.504 e. The maximum Gasteiger partial charge on any atom is 0.162 e. The van der Waals surface area contributed by atoms with E-state index >= 15 is 0 Å². The van der Waals surface area contributed by atoms with Gasteiger partial charge in [0.1, 0.15) is 5.82 Å². The van der Waals surface area contributed by atoms with Crippen LogP contribution in [0.5, 0.6) is 11.5 Å². The molecule has 3 N–H and O–H groups in total. The molecule has 0 aliphatic rings. The van der Waals surface area contributed by atoms with Gasteiger partial charge in [-0.25, -0.2) is 9.97 Å². The molecule has 7 nitrogen and oxygen atoms in total. The molecule has 0 unspecified atom stereocenters. The number of phenolic OH excluding ortho intramolecular Hbond substituents is 1. The van der Waals surface area contributed by atoms with Crippen LogP contribution in [-0.2, 0) is 0 Å². The maximum atomic E-state index is 10.4. The Kier molecular flexibility index (Phi) is 5.00. The van der Waals surface area contributed by atoms with E-state index in [-0.39, 0.29) is 5.75 Å². The summed E-state index contributed by atoms with van der Waals surface area (Å²) in [6, 6.07) is 27.6. The number of anilines is 2. The van der Waals surface area contributed by atoms with Crippen molar-refractivity contribution in [1.82, 2.24) is 20.2 Å². The number of aromatic amines is 1. The van der Waals surface area contributed by atoms with E-state index in [2.05, 4.69) is 39.8 Å². The van der Waals surface area contributed by atoms with Crippen molar-refractivity contribution in [2.24, 2.45) is 0 Å². The second-order valence-corrected chi connectivity index (χ2v) is 8.18. The molecule has 170 valence electrons. The number of methoxy groups -OCH3 is 1. The van der Waals surface area contributed by atoms with E-state index in [1.165, 1.54) is 7.11 Å². The highest BCUT2D eigenvalue weighted by Gasteiger charge is 2.15. The minimum atomic E-state index is 0.0239. The molecule has 0 aliphatic heterocycles. The highest BCUT2D eigenvalue weighted by atomic mass is 16.5. The lowest BCUT2D eigenvalue weighted by Crippen LogP contribution is -2.00. The second-order valence-electron chi connectivity index (χ2n) is 8.18. The third kappa shape index (κ3) is 3.89. The summed E-state index contributed by atoms with van der Waals surface area (Å²) >= 11 is 0. The van der Waals surface area contributed by atoms with Crippen molar-refractivity contribution >= 4 is 33.3 Å². The summed E-state index contributed by atoms with van der Waals surface area (Å²) in [4.78, 5) is 9.68. The van der Waals surface area contributed by atoms with Gasteiger partial charge in [-0.1, -0.05) is 48.5 Å². The third-order valence-corrected chi connectivity index (χ3v) is 5.93. The average Bonchev–Trinajstić information content (AvgIpc) is 3.37. The zero-order valence-electron chi connectivity index (χ0n) is 18.9. The number of aromatic hydroxyl groups is 1. The van der Waals surface area contributed by atoms with Crippen molar-refractivity contribution in [2.45, 2.75) is 0 Å². The third-order valence-electron chi connectivity index (χ3n) is 5.93. The van der Waals surface area contributed by atoms with Crippen LogP contribution in [0.2, 0.25) is 0 Å². The largest absolute Gasteiger partial charge is 0.504 e. The van der Waals surface area contributed by atoms with E-state index in [9.17, 15) is 5.11 Å². The Morgan fingerprint density at radius 2 is 1.66 bits per heavy atom. The summed E-state index contributed by atoms with van der Waals surface area (Å²) in [6.45, 7) is 0. The smallest absolute Gasteiger partial charge is 0.162 e. The fraction of sp³-hybridized carbons (Fsp3) is 0.0357. The van der Waals surface area contributed by atoms with Crippen LogP contribution in [0.4, 0.5) is 11.5 Å². The summed E-state index contributed by atoms with van der Waals surface area (Å²) in [6.07, 6.45) is 1.77. The molecule has 0 spiro atoms. The van der Waals surface area contributed by atoms with Crippen molar-refractivity contribution in [1.29, 1.82) is 0 Å². The summed E-state index contributed by atoms with van der Waals surface area (Å²) in [5, 5.41) is 22.6. The molecule has 0 radical (unpaired) electrons. The van der Waals surface area contributed by atoms with Gasteiger partial charge in [-0.2, -0.15) is 5.10 Å². The van der Waals surface area contributed by atoms with E-state index in [1.54, 1.807) is 18.3 Å². The predicted molar refractivity (Wildman–Crippen MR) is 138 cm³/mol. The standard InChI is InChI=1S/C28H21N5O2/c1-35-26-15-24-22(14-25(26)34)28(30-21-10-11-23-20(13-21)16-29-33-23)32-27(31-24)19-9-5-8-18(12-19)17-6-3-2-4-7-17/h2-16,34H,1H3,(H,29,33)(H,30,31,32). The fourth-order valence-electron chi connectivity index (χ4n) is 4.16. The molecule has 0 atom stereocenters. The van der Waals surface area contributed by atoms with E-state index in [0.29, 0.717) is 28.3 Å². The van der Waals surface area contributed by atoms with Crippen molar-refractivity contribution in [3.8, 4) is 34.0 Å². The van der Waals surface area contributed by atoms with Crippen molar-refractivity contribution in [3.05, 3.63) is 91.1 Å². The second kappa shape index (κ2) is 8.46. The molecule has 6 aromatic rings. The molecule has 2 aromatic heterocycles. The lowest BCUT2D eigenvalue weighted by Gasteiger charge is -2.13. The molecule has 4 aromatic carbocycles. The lowest BCUT2D eigenvalue weighted by molar-refractivity contribution is 0.374. The Labute approximate surface area is 201 Å². The van der Waals surface area contributed by atoms with Crippen LogP contribution in [-0.4, -0.2) is 32.4 Å². The van der Waals surface area contributed by atoms with Gasteiger partial charge in [0.25, 0.3) is 0 Å². The van der Waals surface area contributed by atoms with Crippen LogP contribution in [0.1, 0.15) is 0 Å². The van der Waals surface area contributed by atoms with Crippen LogP contribution in [0.25, 0.3) is 44.3 Å². The van der Waals surface area contributed by atoms with Crippen molar-refractivity contribution in [2.75, 3.05) is 12.4 Å². The van der Waals surface area contributed by atoms with E-state index in [0.717, 1.165) is 33.3 Å². The molecule has 35 heavy (non-hydrogen) atoms. The molecule has 0 bridgehead atoms. The Morgan fingerprint density at radius 3 is 2.51 bits per heavy atom. The molecule has 0 amide bonds. The van der Waals surface area contributed by atoms with Gasteiger partial charge in [0, 0.05) is 28.1 Å². The highest BCUT2D eigenvalue weighted by molar-refractivity contribution is 5.95. The zero-order chi connectivity index (χ0) is 23.8. The quantitative estimate of drug-likeness (QED) is 0.280. The van der Waals surface area contributed by atoms with E-state index in [4.69, 9.17) is 14.7 Å². The maximum absolute atomic E-state index is 10.4. The summed E-state index contributed by atoms with van der Waals surface area (Å²) in [5.74, 6) is 1.52. The Balaban J connectivity index is 1.50. The molecule has 6 rings (SSSR count). The van der Waals surface area contributed by atoms with E-state index in [1.807, 2.05) is 48.5 Å². The van der Waals surface area contributed by atoms with Gasteiger partial charge in [-0.05, 0) is 41.5 Å². The topological polar surface area (TPSA) is 96.0 Å². The molecule has 0 saturated carbocycles. The van der Waals surface area contributed by atoms with Gasteiger partial charge < -0.3 is 15.2 Å². The Morgan fingerprint density at radius 1 is 0.829 bits per heavy atom. The number of aromatic nitrogens is 4. The van der Waals surface area contributed by atoms with Crippen LogP contribution in [0, 0.1) is 0 Å². The van der Waals surface area contributed by atoms with Crippen molar-refractivity contribution in [3.63, 3.8) is 0 Å². The van der Waals surface area contributed by atoms with Crippen molar-refractivity contribution < 1.29 is 9.84 Å². The molecule has 7 heteroatoms. The number of ether oxygens (including phenoxy) is 1. The van der Waals surface area contributed by atoms with Gasteiger partial charge in [-0.3, -0.25) is 5.10 Å². The minimum absolute atomic E-state index is 0.0239. The number of phenols is 1. The fourth-order valence-corrected chi connectivity index (χ4v) is 4.16. The van der Waals surface area contributed by atoms with Gasteiger partial charge in [0.2, 0.25) is 0 Å². The van der Waals surface area contributed by atoms with Gasteiger partial charge in [0.15, 0.2) is 17.3 Å². The van der Waals surface area contributed by atoms with Crippen LogP contribution in [0.3, 0.4) is 0 Å². The number of benzene rings is 4. The van der Waals surface area contributed by atoms with Crippen LogP contribution < -0.4 is 10.1 Å². The number of hydrogen-bond donors (Lipinski definition) is 3. The Bertz CT molecular complexity index is 1680. The summed E-state index contributed by atoms with van der Waals surface area (Å²) < 4.78 is 5.33. The van der Waals surface area contributed by atoms with Gasteiger partial charge >= 0.3 is 0 Å². The SMILES string of the molecule is COc1cc2nc(-c3cccc(-c4ccccc4)c3)nc(Nc3ccc4[nH]ncc4c3)c2cc1O. The molecule has 0 fully saturated rings. The number of fused-ring (bicyclic) bond motifs is 2. The summed E-state index contributed by atoms with van der Waals surface area (Å²) in [5.41, 5.74) is 5.53. The van der Waals surface area contributed by atoms with Crippen LogP contribution >= 0.6 is 0 Å². The number of H-pyrrole nitrogens is 1. The predicted octanol–water partition coefficient (Wildman–Crippen LogP) is 6.30. The molecule has 0 aliphatic carbocycles. The number of rotatable bonds is 5. The number of nitrogens with one attached hydrogen (secondary N) is 2. The van der Waals surface area contributed by atoms with Gasteiger partial charge in [0.05, 0.1) is 24.3 Å². The number of hydrogen-bond acceptors (Lipinski definition) is 6. The first-order chi connectivity index (χ1) is 17.2. The average molecular weight is 460 g/mol. The van der Waals surface area contributed by atoms with E-state index < -0.39 is 0 Å². The normalized spacial score (nSPS) is 11.1. The van der Waals surface area contributed by atoms with Gasteiger partial charge in [-0.15, -0.1) is 0 Å². The highest BCUT2D eigenvalue weighted by Crippen LogP contribution is 2.36.